The largest absolute Gasteiger partial charge is 0.493 e. The first-order valence-electron chi connectivity index (χ1n) is 10.5. The second-order valence-electron chi connectivity index (χ2n) is 7.94. The smallest absolute Gasteiger partial charge is 0.315 e. The van der Waals surface area contributed by atoms with Crippen LogP contribution in [0, 0.1) is 0 Å². The lowest BCUT2D eigenvalue weighted by molar-refractivity contribution is 0.240. The van der Waals surface area contributed by atoms with Crippen molar-refractivity contribution in [2.75, 3.05) is 14.2 Å². The predicted molar refractivity (Wildman–Crippen MR) is 110 cm³/mol. The lowest BCUT2D eigenvalue weighted by atomic mass is 10.2. The molecule has 2 aliphatic rings. The van der Waals surface area contributed by atoms with E-state index < -0.39 is 0 Å². The highest BCUT2D eigenvalue weighted by Crippen LogP contribution is 2.43. The normalized spacial score (nSPS) is 16.6. The molecule has 4 rings (SSSR count). The average molecular weight is 399 g/mol. The fourth-order valence-corrected chi connectivity index (χ4v) is 4.08. The van der Waals surface area contributed by atoms with Crippen molar-refractivity contribution in [3.05, 3.63) is 41.2 Å². The van der Waals surface area contributed by atoms with Crippen molar-refractivity contribution in [2.45, 2.75) is 63.6 Å². The van der Waals surface area contributed by atoms with Crippen molar-refractivity contribution in [2.24, 2.45) is 0 Å². The molecule has 1 heterocycles. The van der Waals surface area contributed by atoms with Crippen LogP contribution in [0.2, 0.25) is 0 Å². The number of carbonyl (C=O) groups is 1. The van der Waals surface area contributed by atoms with Gasteiger partial charge >= 0.3 is 6.03 Å². The minimum atomic E-state index is -0.205. The first-order valence-corrected chi connectivity index (χ1v) is 10.5. The van der Waals surface area contributed by atoms with Crippen molar-refractivity contribution in [3.8, 4) is 11.5 Å². The highest BCUT2D eigenvalue weighted by atomic mass is 16.5. The Kier molecular flexibility index (Phi) is 5.92. The van der Waals surface area contributed by atoms with Crippen LogP contribution < -0.4 is 20.1 Å². The van der Waals surface area contributed by atoms with Gasteiger partial charge in [0.25, 0.3) is 0 Å². The van der Waals surface area contributed by atoms with Gasteiger partial charge in [-0.15, -0.1) is 0 Å². The molecule has 1 aromatic carbocycles. The quantitative estimate of drug-likeness (QED) is 0.707. The van der Waals surface area contributed by atoms with Gasteiger partial charge in [-0.05, 0) is 49.4 Å². The zero-order chi connectivity index (χ0) is 20.2. The summed E-state index contributed by atoms with van der Waals surface area (Å²) in [5.74, 6) is 1.98. The highest BCUT2D eigenvalue weighted by molar-refractivity contribution is 5.73. The summed E-state index contributed by atoms with van der Waals surface area (Å²) in [5.41, 5.74) is 3.25. The number of ether oxygens (including phenoxy) is 2. The lowest BCUT2D eigenvalue weighted by Crippen LogP contribution is -2.34. The fraction of sp³-hybridized carbons (Fsp3) is 0.545. The second-order valence-corrected chi connectivity index (χ2v) is 7.94. The highest BCUT2D eigenvalue weighted by Gasteiger charge is 2.31. The number of methoxy groups -OCH3 is 2. The van der Waals surface area contributed by atoms with E-state index in [1.807, 2.05) is 18.2 Å². The van der Waals surface area contributed by atoms with Crippen LogP contribution in [-0.2, 0) is 13.1 Å². The number of carbonyl (C=O) groups excluding carboxylic acids is 1. The van der Waals surface area contributed by atoms with Crippen molar-refractivity contribution < 1.29 is 14.3 Å². The van der Waals surface area contributed by atoms with Crippen molar-refractivity contribution >= 4 is 6.03 Å². The molecule has 2 amide bonds. The molecule has 0 saturated heterocycles. The molecule has 2 fully saturated rings. The fourth-order valence-electron chi connectivity index (χ4n) is 4.08. The van der Waals surface area contributed by atoms with E-state index in [0.717, 1.165) is 11.3 Å². The molecule has 0 atom stereocenters. The van der Waals surface area contributed by atoms with Gasteiger partial charge in [0.05, 0.1) is 32.5 Å². The maximum absolute atomic E-state index is 12.2. The number of hydrogen-bond donors (Lipinski definition) is 2. The minimum Gasteiger partial charge on any atom is -0.493 e. The standard InChI is InChI=1S/C22H30N4O3/c1-28-20-10-7-15(11-21(20)29-2)13-23-22(27)24-14-17-12-19(16-8-9-16)26(25-17)18-5-3-4-6-18/h7,10-12,16,18H,3-6,8-9,13-14H2,1-2H3,(H2,23,24,27). The Labute approximate surface area is 171 Å². The van der Waals surface area contributed by atoms with Crippen LogP contribution in [0.3, 0.4) is 0 Å². The van der Waals surface area contributed by atoms with Gasteiger partial charge in [0.2, 0.25) is 0 Å². The SMILES string of the molecule is COc1ccc(CNC(=O)NCc2cc(C3CC3)n(C3CCCC3)n2)cc1OC. The molecular weight excluding hydrogens is 368 g/mol. The zero-order valence-electron chi connectivity index (χ0n) is 17.2. The van der Waals surface area contributed by atoms with Crippen molar-refractivity contribution in [1.29, 1.82) is 0 Å². The molecule has 7 heteroatoms. The van der Waals surface area contributed by atoms with Crippen LogP contribution in [0.15, 0.2) is 24.3 Å². The van der Waals surface area contributed by atoms with E-state index in [4.69, 9.17) is 14.6 Å². The Morgan fingerprint density at radius 3 is 2.45 bits per heavy atom. The maximum atomic E-state index is 12.2. The van der Waals surface area contributed by atoms with Crippen LogP contribution in [0.1, 0.15) is 67.4 Å². The van der Waals surface area contributed by atoms with Gasteiger partial charge in [0, 0.05) is 18.2 Å². The molecule has 2 saturated carbocycles. The predicted octanol–water partition coefficient (Wildman–Crippen LogP) is 3.89. The summed E-state index contributed by atoms with van der Waals surface area (Å²) in [5, 5.41) is 10.6. The van der Waals surface area contributed by atoms with Crippen molar-refractivity contribution in [3.63, 3.8) is 0 Å². The minimum absolute atomic E-state index is 0.205. The Morgan fingerprint density at radius 2 is 1.76 bits per heavy atom. The first-order chi connectivity index (χ1) is 14.2. The number of nitrogens with zero attached hydrogens (tertiary/aromatic N) is 2. The molecule has 0 unspecified atom stereocenters. The number of benzene rings is 1. The number of rotatable bonds is 8. The van der Waals surface area contributed by atoms with Crippen molar-refractivity contribution in [1.82, 2.24) is 20.4 Å². The first kappa shape index (κ1) is 19.6. The maximum Gasteiger partial charge on any atom is 0.315 e. The van der Waals surface area contributed by atoms with Gasteiger partial charge in [0.15, 0.2) is 11.5 Å². The van der Waals surface area contributed by atoms with Gasteiger partial charge in [0.1, 0.15) is 0 Å². The van der Waals surface area contributed by atoms with Gasteiger partial charge in [-0.25, -0.2) is 4.79 Å². The topological polar surface area (TPSA) is 77.4 Å². The molecule has 2 N–H and O–H groups in total. The van der Waals surface area contributed by atoms with Crippen LogP contribution in [0.5, 0.6) is 11.5 Å². The van der Waals surface area contributed by atoms with E-state index in [1.54, 1.807) is 14.2 Å². The van der Waals surface area contributed by atoms with Crippen LogP contribution >= 0.6 is 0 Å². The average Bonchev–Trinajstić information content (AvgIpc) is 3.27. The van der Waals surface area contributed by atoms with Gasteiger partial charge in [-0.1, -0.05) is 18.9 Å². The molecule has 0 bridgehead atoms. The molecular formula is C22H30N4O3. The van der Waals surface area contributed by atoms with E-state index in [1.165, 1.54) is 44.2 Å². The van der Waals surface area contributed by atoms with Crippen LogP contribution in [-0.4, -0.2) is 30.0 Å². The summed E-state index contributed by atoms with van der Waals surface area (Å²) in [6.45, 7) is 0.854. The number of urea groups is 1. The van der Waals surface area contributed by atoms with Gasteiger partial charge in [-0.2, -0.15) is 5.10 Å². The summed E-state index contributed by atoms with van der Waals surface area (Å²) in [6.07, 6.45) is 7.55. The molecule has 0 aliphatic heterocycles. The Hall–Kier alpha value is -2.70. The third kappa shape index (κ3) is 4.66. The number of amides is 2. The summed E-state index contributed by atoms with van der Waals surface area (Å²) in [7, 11) is 3.20. The van der Waals surface area contributed by atoms with E-state index in [9.17, 15) is 4.79 Å². The van der Waals surface area contributed by atoms with E-state index in [2.05, 4.69) is 21.4 Å². The Morgan fingerprint density at radius 1 is 1.03 bits per heavy atom. The lowest BCUT2D eigenvalue weighted by Gasteiger charge is -2.13. The molecule has 7 nitrogen and oxygen atoms in total. The van der Waals surface area contributed by atoms with E-state index >= 15 is 0 Å². The third-order valence-electron chi connectivity index (χ3n) is 5.81. The van der Waals surface area contributed by atoms with E-state index in [-0.39, 0.29) is 6.03 Å². The summed E-state index contributed by atoms with van der Waals surface area (Å²) in [4.78, 5) is 12.2. The number of hydrogen-bond acceptors (Lipinski definition) is 4. The Bertz CT molecular complexity index is 854. The molecule has 2 aromatic rings. The zero-order valence-corrected chi connectivity index (χ0v) is 17.2. The molecule has 156 valence electrons. The van der Waals surface area contributed by atoms with Crippen LogP contribution in [0.25, 0.3) is 0 Å². The summed E-state index contributed by atoms with van der Waals surface area (Å²) in [6, 6.07) is 8.13. The Balaban J connectivity index is 1.31. The number of aromatic nitrogens is 2. The van der Waals surface area contributed by atoms with Crippen LogP contribution in [0.4, 0.5) is 4.79 Å². The summed E-state index contributed by atoms with van der Waals surface area (Å²) < 4.78 is 12.8. The second kappa shape index (κ2) is 8.76. The van der Waals surface area contributed by atoms with E-state index in [0.29, 0.717) is 36.5 Å². The third-order valence-corrected chi connectivity index (χ3v) is 5.81. The molecule has 0 radical (unpaired) electrons. The summed E-state index contributed by atoms with van der Waals surface area (Å²) >= 11 is 0. The molecule has 2 aliphatic carbocycles. The monoisotopic (exact) mass is 398 g/mol. The van der Waals surface area contributed by atoms with Gasteiger partial charge < -0.3 is 20.1 Å². The molecule has 1 aromatic heterocycles. The number of nitrogens with one attached hydrogen (secondary N) is 2. The molecule has 0 spiro atoms. The van der Waals surface area contributed by atoms with Gasteiger partial charge in [-0.3, -0.25) is 4.68 Å². The molecule has 29 heavy (non-hydrogen) atoms.